The van der Waals surface area contributed by atoms with Crippen molar-refractivity contribution in [1.82, 2.24) is 14.9 Å². The number of pyridine rings is 2. The summed E-state index contributed by atoms with van der Waals surface area (Å²) >= 11 is 9.63. The van der Waals surface area contributed by atoms with Gasteiger partial charge in [0.1, 0.15) is 0 Å². The van der Waals surface area contributed by atoms with Crippen LogP contribution in [0.25, 0.3) is 5.57 Å². The highest BCUT2D eigenvalue weighted by atomic mass is 79.9. The van der Waals surface area contributed by atoms with Gasteiger partial charge in [0.2, 0.25) is 0 Å². The fraction of sp³-hybridized carbons (Fsp3) is 0.280. The molecular formula is C25H25BrClN3O. The lowest BCUT2D eigenvalue weighted by molar-refractivity contribution is -0.0254. The molecule has 1 aliphatic rings. The second-order valence-electron chi connectivity index (χ2n) is 7.88. The van der Waals surface area contributed by atoms with Crippen LogP contribution in [0.2, 0.25) is 5.02 Å². The van der Waals surface area contributed by atoms with Crippen molar-refractivity contribution >= 4 is 33.1 Å². The monoisotopic (exact) mass is 497 g/mol. The van der Waals surface area contributed by atoms with Crippen LogP contribution in [-0.4, -0.2) is 39.6 Å². The van der Waals surface area contributed by atoms with E-state index in [1.54, 1.807) is 6.20 Å². The lowest BCUT2D eigenvalue weighted by atomic mass is 9.84. The Balaban J connectivity index is 1.42. The molecule has 0 atom stereocenters. The van der Waals surface area contributed by atoms with E-state index >= 15 is 0 Å². The smallest absolute Gasteiger partial charge is 0.0920 e. The Morgan fingerprint density at radius 1 is 1.06 bits per heavy atom. The second-order valence-corrected chi connectivity index (χ2v) is 9.17. The summed E-state index contributed by atoms with van der Waals surface area (Å²) in [7, 11) is 0. The van der Waals surface area contributed by atoms with Crippen LogP contribution in [0.1, 0.15) is 36.0 Å². The standard InChI is InChI=1S/C25H25BrClN3O/c26-24-18-29-13-9-23(24)22(19-3-1-12-28-17-19)4-2-14-30-15-10-25(31,11-16-30)20-5-7-21(27)8-6-20/h1,3-9,12-13,17-18,31H,2,10-11,14-16H2/b22-4-. The van der Waals surface area contributed by atoms with E-state index in [0.29, 0.717) is 5.02 Å². The molecule has 1 aromatic carbocycles. The molecule has 1 N–H and O–H groups in total. The molecule has 1 aliphatic heterocycles. The van der Waals surface area contributed by atoms with Crippen molar-refractivity contribution in [3.63, 3.8) is 0 Å². The summed E-state index contributed by atoms with van der Waals surface area (Å²) in [5, 5.41) is 11.8. The average Bonchev–Trinajstić information content (AvgIpc) is 2.80. The predicted molar refractivity (Wildman–Crippen MR) is 129 cm³/mol. The fourth-order valence-corrected chi connectivity index (χ4v) is 4.68. The SMILES string of the molecule is OC1(c2ccc(Cl)cc2)CCN(CC/C=C(/c2cccnc2)c2ccncc2Br)CC1. The van der Waals surface area contributed by atoms with Crippen LogP contribution in [0.5, 0.6) is 0 Å². The van der Waals surface area contributed by atoms with Gasteiger partial charge in [-0.25, -0.2) is 0 Å². The number of rotatable bonds is 6. The molecule has 3 aromatic rings. The fourth-order valence-electron chi connectivity index (χ4n) is 4.09. The van der Waals surface area contributed by atoms with Gasteiger partial charge in [0.15, 0.2) is 0 Å². The summed E-state index contributed by atoms with van der Waals surface area (Å²) < 4.78 is 0.969. The molecule has 1 fully saturated rings. The molecule has 6 heteroatoms. The molecular weight excluding hydrogens is 474 g/mol. The minimum absolute atomic E-state index is 0.696. The molecule has 4 nitrogen and oxygen atoms in total. The molecule has 0 bridgehead atoms. The highest BCUT2D eigenvalue weighted by molar-refractivity contribution is 9.10. The summed E-state index contributed by atoms with van der Waals surface area (Å²) in [6, 6.07) is 13.6. The summed E-state index contributed by atoms with van der Waals surface area (Å²) in [5.41, 5.74) is 3.54. The topological polar surface area (TPSA) is 49.2 Å². The van der Waals surface area contributed by atoms with Gasteiger partial charge in [-0.15, -0.1) is 0 Å². The van der Waals surface area contributed by atoms with E-state index in [1.165, 1.54) is 0 Å². The molecule has 0 spiro atoms. The Bertz CT molecular complexity index is 1030. The molecule has 1 saturated heterocycles. The highest BCUT2D eigenvalue weighted by Gasteiger charge is 2.33. The maximum absolute atomic E-state index is 11.1. The molecule has 31 heavy (non-hydrogen) atoms. The molecule has 0 unspecified atom stereocenters. The third-order valence-electron chi connectivity index (χ3n) is 5.89. The van der Waals surface area contributed by atoms with Gasteiger partial charge in [-0.05, 0) is 76.2 Å². The van der Waals surface area contributed by atoms with E-state index in [0.717, 1.165) is 65.6 Å². The zero-order chi connectivity index (χ0) is 21.7. The largest absolute Gasteiger partial charge is 0.385 e. The maximum Gasteiger partial charge on any atom is 0.0920 e. The predicted octanol–water partition coefficient (Wildman–Crippen LogP) is 5.70. The van der Waals surface area contributed by atoms with Crippen molar-refractivity contribution in [1.29, 1.82) is 0 Å². The number of nitrogens with zero attached hydrogens (tertiary/aromatic N) is 3. The quantitative estimate of drug-likeness (QED) is 0.474. The van der Waals surface area contributed by atoms with Crippen molar-refractivity contribution in [2.24, 2.45) is 0 Å². The number of halogens is 2. The van der Waals surface area contributed by atoms with E-state index in [-0.39, 0.29) is 0 Å². The summed E-state index contributed by atoms with van der Waals surface area (Å²) in [6.07, 6.45) is 12.0. The summed E-state index contributed by atoms with van der Waals surface area (Å²) in [6.45, 7) is 2.69. The second kappa shape index (κ2) is 10.0. The van der Waals surface area contributed by atoms with E-state index in [4.69, 9.17) is 11.6 Å². The van der Waals surface area contributed by atoms with Crippen LogP contribution in [0.15, 0.2) is 77.8 Å². The van der Waals surface area contributed by atoms with Gasteiger partial charge in [-0.2, -0.15) is 0 Å². The molecule has 2 aromatic heterocycles. The zero-order valence-electron chi connectivity index (χ0n) is 17.2. The van der Waals surface area contributed by atoms with E-state index in [2.05, 4.69) is 42.9 Å². The van der Waals surface area contributed by atoms with Crippen LogP contribution in [0.4, 0.5) is 0 Å². The van der Waals surface area contributed by atoms with Crippen molar-refractivity contribution in [3.8, 4) is 0 Å². The minimum Gasteiger partial charge on any atom is -0.385 e. The van der Waals surface area contributed by atoms with Crippen LogP contribution in [0, 0.1) is 0 Å². The number of aliphatic hydroxyl groups is 1. The molecule has 4 rings (SSSR count). The first kappa shape index (κ1) is 22.2. The number of aromatic nitrogens is 2. The summed E-state index contributed by atoms with van der Waals surface area (Å²) in [4.78, 5) is 10.9. The minimum atomic E-state index is -0.764. The van der Waals surface area contributed by atoms with Gasteiger partial charge < -0.3 is 10.0 Å². The van der Waals surface area contributed by atoms with Crippen molar-refractivity contribution in [2.45, 2.75) is 24.9 Å². The lowest BCUT2D eigenvalue weighted by Gasteiger charge is -2.38. The van der Waals surface area contributed by atoms with E-state index in [9.17, 15) is 5.11 Å². The molecule has 3 heterocycles. The molecule has 0 saturated carbocycles. The first-order chi connectivity index (χ1) is 15.0. The number of benzene rings is 1. The maximum atomic E-state index is 11.1. The Morgan fingerprint density at radius 3 is 2.48 bits per heavy atom. The normalized spacial score (nSPS) is 16.9. The molecule has 160 valence electrons. The number of likely N-dealkylation sites (tertiary alicyclic amines) is 1. The van der Waals surface area contributed by atoms with Crippen LogP contribution in [-0.2, 0) is 5.60 Å². The molecule has 0 amide bonds. The first-order valence-electron chi connectivity index (χ1n) is 10.5. The van der Waals surface area contributed by atoms with Gasteiger partial charge >= 0.3 is 0 Å². The average molecular weight is 499 g/mol. The lowest BCUT2D eigenvalue weighted by Crippen LogP contribution is -2.42. The van der Waals surface area contributed by atoms with Crippen LogP contribution < -0.4 is 0 Å². The molecule has 0 aliphatic carbocycles. The number of hydrogen-bond donors (Lipinski definition) is 1. The van der Waals surface area contributed by atoms with Crippen molar-refractivity contribution in [2.75, 3.05) is 19.6 Å². The van der Waals surface area contributed by atoms with Gasteiger partial charge in [0, 0.05) is 59.5 Å². The van der Waals surface area contributed by atoms with Gasteiger partial charge in [0.25, 0.3) is 0 Å². The third kappa shape index (κ3) is 5.42. The van der Waals surface area contributed by atoms with Crippen LogP contribution in [0.3, 0.4) is 0 Å². The molecule has 0 radical (unpaired) electrons. The Hall–Kier alpha value is -2.05. The Kier molecular flexibility index (Phi) is 7.18. The van der Waals surface area contributed by atoms with Gasteiger partial charge in [-0.1, -0.05) is 35.9 Å². The Labute approximate surface area is 196 Å². The van der Waals surface area contributed by atoms with Crippen molar-refractivity contribution in [3.05, 3.63) is 99.5 Å². The summed E-state index contributed by atoms with van der Waals surface area (Å²) in [5.74, 6) is 0. The number of hydrogen-bond acceptors (Lipinski definition) is 4. The Morgan fingerprint density at radius 2 is 1.81 bits per heavy atom. The van der Waals surface area contributed by atoms with Crippen LogP contribution >= 0.6 is 27.5 Å². The number of piperidine rings is 1. The van der Waals surface area contributed by atoms with E-state index < -0.39 is 5.60 Å². The van der Waals surface area contributed by atoms with Crippen molar-refractivity contribution < 1.29 is 5.11 Å². The highest BCUT2D eigenvalue weighted by Crippen LogP contribution is 2.34. The zero-order valence-corrected chi connectivity index (χ0v) is 19.6. The van der Waals surface area contributed by atoms with E-state index in [1.807, 2.05) is 55.0 Å². The van der Waals surface area contributed by atoms with Gasteiger partial charge in [-0.3, -0.25) is 9.97 Å². The third-order valence-corrected chi connectivity index (χ3v) is 6.78. The van der Waals surface area contributed by atoms with Gasteiger partial charge in [0.05, 0.1) is 5.60 Å². The first-order valence-corrected chi connectivity index (χ1v) is 11.6.